The Hall–Kier alpha value is -1.88. The lowest BCUT2D eigenvalue weighted by Crippen LogP contribution is -2.41. The summed E-state index contributed by atoms with van der Waals surface area (Å²) in [4.78, 5) is 13.7. The number of carbonyl (C=O) groups excluding carboxylic acids is 1. The number of rotatable bonds is 10. The molecule has 1 aliphatic rings. The summed E-state index contributed by atoms with van der Waals surface area (Å²) in [6.45, 7) is 2.75. The number of ether oxygens (including phenoxy) is 2. The number of benzene rings is 2. The maximum Gasteiger partial charge on any atom is 0.305 e. The van der Waals surface area contributed by atoms with Gasteiger partial charge in [-0.1, -0.05) is 54.4 Å². The van der Waals surface area contributed by atoms with E-state index in [0.717, 1.165) is 49.4 Å². The van der Waals surface area contributed by atoms with Crippen molar-refractivity contribution in [3.05, 3.63) is 59.1 Å². The van der Waals surface area contributed by atoms with Gasteiger partial charge in [0.2, 0.25) is 0 Å². The Bertz CT molecular complexity index is 776. The zero-order chi connectivity index (χ0) is 21.2. The van der Waals surface area contributed by atoms with E-state index in [-0.39, 0.29) is 12.2 Å². The number of esters is 1. The summed E-state index contributed by atoms with van der Waals surface area (Å²) in [6, 6.07) is 16.5. The molecule has 0 aromatic heterocycles. The Morgan fingerprint density at radius 3 is 2.40 bits per heavy atom. The third-order valence-corrected chi connectivity index (χ3v) is 5.93. The molecule has 0 N–H and O–H groups in total. The van der Waals surface area contributed by atoms with E-state index in [1.165, 1.54) is 31.1 Å². The maximum atomic E-state index is 11.2. The highest BCUT2D eigenvalue weighted by Crippen LogP contribution is 2.24. The molecule has 3 rings (SSSR count). The molecule has 0 spiro atoms. The van der Waals surface area contributed by atoms with Crippen molar-refractivity contribution in [2.75, 3.05) is 20.2 Å². The average Bonchev–Trinajstić information content (AvgIpc) is 2.79. The predicted molar refractivity (Wildman–Crippen MR) is 121 cm³/mol. The highest BCUT2D eigenvalue weighted by atomic mass is 35.5. The summed E-state index contributed by atoms with van der Waals surface area (Å²) in [5.74, 6) is -0.115. The van der Waals surface area contributed by atoms with Crippen molar-refractivity contribution >= 4 is 17.6 Å². The molecule has 0 saturated carbocycles. The van der Waals surface area contributed by atoms with Crippen molar-refractivity contribution in [2.45, 2.75) is 57.8 Å². The fourth-order valence-electron chi connectivity index (χ4n) is 3.90. The van der Waals surface area contributed by atoms with Gasteiger partial charge in [-0.05, 0) is 60.9 Å². The van der Waals surface area contributed by atoms with E-state index in [9.17, 15) is 4.79 Å². The van der Waals surface area contributed by atoms with Gasteiger partial charge in [-0.25, -0.2) is 0 Å². The normalized spacial score (nSPS) is 17.1. The van der Waals surface area contributed by atoms with Crippen LogP contribution in [0.25, 0.3) is 11.1 Å². The summed E-state index contributed by atoms with van der Waals surface area (Å²) in [5.41, 5.74) is 3.54. The van der Waals surface area contributed by atoms with Crippen LogP contribution in [0.15, 0.2) is 48.5 Å². The summed E-state index contributed by atoms with van der Waals surface area (Å²) < 4.78 is 11.0. The minimum absolute atomic E-state index is 0.115. The lowest BCUT2D eigenvalue weighted by molar-refractivity contribution is -0.140. The van der Waals surface area contributed by atoms with E-state index in [0.29, 0.717) is 13.0 Å². The number of unbranched alkanes of at least 4 members (excludes halogenated alkanes) is 2. The van der Waals surface area contributed by atoms with Crippen LogP contribution in [0.1, 0.15) is 50.5 Å². The van der Waals surface area contributed by atoms with Crippen molar-refractivity contribution < 1.29 is 14.3 Å². The minimum Gasteiger partial charge on any atom is -0.469 e. The van der Waals surface area contributed by atoms with Crippen LogP contribution in [0.2, 0.25) is 5.02 Å². The van der Waals surface area contributed by atoms with Gasteiger partial charge in [0.05, 0.1) is 13.7 Å². The Kier molecular flexibility index (Phi) is 9.19. The minimum atomic E-state index is -0.115. The number of hydrogen-bond acceptors (Lipinski definition) is 4. The van der Waals surface area contributed by atoms with E-state index >= 15 is 0 Å². The molecule has 1 aliphatic heterocycles. The van der Waals surface area contributed by atoms with E-state index < -0.39 is 0 Å². The molecule has 1 unspecified atom stereocenters. The Morgan fingerprint density at radius 1 is 1.00 bits per heavy atom. The number of hydrogen-bond donors (Lipinski definition) is 0. The van der Waals surface area contributed by atoms with Crippen LogP contribution in [0.4, 0.5) is 0 Å². The molecule has 1 fully saturated rings. The number of nitrogens with zero attached hydrogens (tertiary/aromatic N) is 1. The fraction of sp³-hybridized carbons (Fsp3) is 0.480. The predicted octanol–water partition coefficient (Wildman–Crippen LogP) is 6.07. The van der Waals surface area contributed by atoms with Gasteiger partial charge in [0.1, 0.15) is 6.23 Å². The number of likely N-dealkylation sites (tertiary alicyclic amines) is 1. The topological polar surface area (TPSA) is 38.8 Å². The second-order valence-electron chi connectivity index (χ2n) is 7.89. The first kappa shape index (κ1) is 22.8. The maximum absolute atomic E-state index is 11.2. The van der Waals surface area contributed by atoms with Gasteiger partial charge in [0.15, 0.2) is 0 Å². The van der Waals surface area contributed by atoms with Gasteiger partial charge in [-0.2, -0.15) is 0 Å². The van der Waals surface area contributed by atoms with Crippen molar-refractivity contribution in [2.24, 2.45) is 0 Å². The van der Waals surface area contributed by atoms with Crippen LogP contribution in [0, 0.1) is 0 Å². The molecule has 0 amide bonds. The number of methoxy groups -OCH3 is 1. The van der Waals surface area contributed by atoms with Crippen LogP contribution in [0.3, 0.4) is 0 Å². The van der Waals surface area contributed by atoms with Gasteiger partial charge in [0.25, 0.3) is 0 Å². The SMILES string of the molecule is COC(=O)CCCCCN1CCCCC1OCc1ccc(-c2ccc(Cl)cc2)cc1. The average molecular weight is 430 g/mol. The van der Waals surface area contributed by atoms with E-state index in [1.54, 1.807) is 0 Å². The summed E-state index contributed by atoms with van der Waals surface area (Å²) in [5, 5.41) is 0.754. The van der Waals surface area contributed by atoms with Gasteiger partial charge in [-0.15, -0.1) is 0 Å². The van der Waals surface area contributed by atoms with Crippen molar-refractivity contribution in [1.29, 1.82) is 0 Å². The third kappa shape index (κ3) is 7.12. The first-order valence-electron chi connectivity index (χ1n) is 10.9. The van der Waals surface area contributed by atoms with Crippen LogP contribution in [-0.2, 0) is 20.9 Å². The molecule has 30 heavy (non-hydrogen) atoms. The molecule has 5 heteroatoms. The highest BCUT2D eigenvalue weighted by molar-refractivity contribution is 6.30. The first-order chi connectivity index (χ1) is 14.7. The molecular formula is C25H32ClNO3. The standard InChI is InChI=1S/C25H32ClNO3/c1-29-25(28)8-3-2-5-17-27-18-6-4-7-24(27)30-19-20-9-11-21(12-10-20)22-13-15-23(26)16-14-22/h9-16,24H,2-8,17-19H2,1H3. The van der Waals surface area contributed by atoms with Crippen molar-refractivity contribution in [3.63, 3.8) is 0 Å². The molecule has 0 radical (unpaired) electrons. The monoisotopic (exact) mass is 429 g/mol. The first-order valence-corrected chi connectivity index (χ1v) is 11.3. The Morgan fingerprint density at radius 2 is 1.70 bits per heavy atom. The molecule has 0 bridgehead atoms. The van der Waals surface area contributed by atoms with Crippen LogP contribution in [0.5, 0.6) is 0 Å². The van der Waals surface area contributed by atoms with E-state index in [1.807, 2.05) is 24.3 Å². The smallest absolute Gasteiger partial charge is 0.305 e. The molecule has 2 aromatic rings. The molecule has 4 nitrogen and oxygen atoms in total. The molecule has 0 aliphatic carbocycles. The second kappa shape index (κ2) is 12.1. The summed E-state index contributed by atoms with van der Waals surface area (Å²) >= 11 is 5.98. The zero-order valence-electron chi connectivity index (χ0n) is 17.8. The van der Waals surface area contributed by atoms with Crippen molar-refractivity contribution in [3.8, 4) is 11.1 Å². The fourth-order valence-corrected chi connectivity index (χ4v) is 4.02. The summed E-state index contributed by atoms with van der Waals surface area (Å²) in [7, 11) is 1.45. The molecule has 2 aromatic carbocycles. The van der Waals surface area contributed by atoms with Gasteiger partial charge >= 0.3 is 5.97 Å². The quantitative estimate of drug-likeness (QED) is 0.339. The molecule has 1 heterocycles. The van der Waals surface area contributed by atoms with Gasteiger partial charge in [0, 0.05) is 24.5 Å². The van der Waals surface area contributed by atoms with E-state index in [2.05, 4.69) is 29.2 Å². The van der Waals surface area contributed by atoms with Crippen LogP contribution >= 0.6 is 11.6 Å². The third-order valence-electron chi connectivity index (χ3n) is 5.68. The second-order valence-corrected chi connectivity index (χ2v) is 8.32. The van der Waals surface area contributed by atoms with Gasteiger partial charge in [-0.3, -0.25) is 9.69 Å². The van der Waals surface area contributed by atoms with Crippen LogP contribution < -0.4 is 0 Å². The molecule has 162 valence electrons. The molecule has 1 saturated heterocycles. The largest absolute Gasteiger partial charge is 0.469 e. The summed E-state index contributed by atoms with van der Waals surface area (Å²) in [6.07, 6.45) is 7.28. The van der Waals surface area contributed by atoms with E-state index in [4.69, 9.17) is 21.1 Å². The van der Waals surface area contributed by atoms with Gasteiger partial charge < -0.3 is 9.47 Å². The van der Waals surface area contributed by atoms with Crippen LogP contribution in [-0.4, -0.2) is 37.3 Å². The highest BCUT2D eigenvalue weighted by Gasteiger charge is 2.22. The Labute approximate surface area is 185 Å². The number of carbonyl (C=O) groups is 1. The lowest BCUT2D eigenvalue weighted by atomic mass is 10.0. The van der Waals surface area contributed by atoms with Crippen molar-refractivity contribution in [1.82, 2.24) is 4.90 Å². The molecular weight excluding hydrogens is 398 g/mol. The molecule has 1 atom stereocenters. The lowest BCUT2D eigenvalue weighted by Gasteiger charge is -2.35. The number of piperidine rings is 1. The zero-order valence-corrected chi connectivity index (χ0v) is 18.6. The number of halogens is 1. The Balaban J connectivity index is 1.44.